The fraction of sp³-hybridized carbons (Fsp3) is 0.0714. The zero-order chi connectivity index (χ0) is 16.1. The van der Waals surface area contributed by atoms with E-state index in [1.54, 1.807) is 36.4 Å². The standard InChI is InChI=1S/C14H12ClN3O3S/c1-9(19)16-17-11-8-10(15)6-7-13(11)22-14-5-3-2-4-12(14)18(20)21/h2-8,17H,1H3,(H,16,19). The summed E-state index contributed by atoms with van der Waals surface area (Å²) < 4.78 is 0. The van der Waals surface area contributed by atoms with Gasteiger partial charge < -0.3 is 0 Å². The predicted molar refractivity (Wildman–Crippen MR) is 86.1 cm³/mol. The molecular formula is C14H12ClN3O3S. The first-order chi connectivity index (χ1) is 10.5. The molecule has 0 bridgehead atoms. The molecule has 22 heavy (non-hydrogen) atoms. The smallest absolute Gasteiger partial charge is 0.283 e. The Hall–Kier alpha value is -2.25. The Kier molecular flexibility index (Phi) is 5.24. The van der Waals surface area contributed by atoms with E-state index in [-0.39, 0.29) is 11.6 Å². The summed E-state index contributed by atoms with van der Waals surface area (Å²) in [7, 11) is 0. The number of rotatable bonds is 5. The van der Waals surface area contributed by atoms with E-state index < -0.39 is 4.92 Å². The van der Waals surface area contributed by atoms with Crippen LogP contribution in [-0.4, -0.2) is 10.8 Å². The molecule has 0 atom stereocenters. The van der Waals surface area contributed by atoms with Crippen molar-refractivity contribution in [3.63, 3.8) is 0 Å². The van der Waals surface area contributed by atoms with E-state index in [2.05, 4.69) is 10.9 Å². The Labute approximate surface area is 136 Å². The second-order valence-electron chi connectivity index (χ2n) is 4.27. The third-order valence-electron chi connectivity index (χ3n) is 2.60. The molecule has 0 fully saturated rings. The van der Waals surface area contributed by atoms with E-state index in [0.29, 0.717) is 20.5 Å². The van der Waals surface area contributed by atoms with Crippen LogP contribution >= 0.6 is 23.4 Å². The molecule has 0 radical (unpaired) electrons. The van der Waals surface area contributed by atoms with Crippen LogP contribution in [0, 0.1) is 10.1 Å². The van der Waals surface area contributed by atoms with Gasteiger partial charge in [0.1, 0.15) is 0 Å². The molecule has 0 saturated carbocycles. The topological polar surface area (TPSA) is 84.3 Å². The lowest BCUT2D eigenvalue weighted by Crippen LogP contribution is -2.26. The zero-order valence-electron chi connectivity index (χ0n) is 11.5. The van der Waals surface area contributed by atoms with Gasteiger partial charge in [-0.1, -0.05) is 35.5 Å². The van der Waals surface area contributed by atoms with Gasteiger partial charge in [0.05, 0.1) is 15.5 Å². The van der Waals surface area contributed by atoms with Crippen LogP contribution in [0.1, 0.15) is 6.92 Å². The molecule has 0 aliphatic heterocycles. The van der Waals surface area contributed by atoms with Crippen molar-refractivity contribution in [3.05, 3.63) is 57.6 Å². The van der Waals surface area contributed by atoms with Crippen LogP contribution in [-0.2, 0) is 4.79 Å². The molecule has 0 saturated heterocycles. The van der Waals surface area contributed by atoms with Gasteiger partial charge in [0.25, 0.3) is 5.69 Å². The monoisotopic (exact) mass is 337 g/mol. The largest absolute Gasteiger partial charge is 0.297 e. The highest BCUT2D eigenvalue weighted by Gasteiger charge is 2.15. The summed E-state index contributed by atoms with van der Waals surface area (Å²) in [6.45, 7) is 1.37. The fourth-order valence-electron chi connectivity index (χ4n) is 1.66. The van der Waals surface area contributed by atoms with Crippen LogP contribution in [0.4, 0.5) is 11.4 Å². The first-order valence-corrected chi connectivity index (χ1v) is 7.40. The molecule has 0 unspecified atom stereocenters. The molecule has 6 nitrogen and oxygen atoms in total. The number of nitrogens with zero attached hydrogens (tertiary/aromatic N) is 1. The molecule has 8 heteroatoms. The summed E-state index contributed by atoms with van der Waals surface area (Å²) in [4.78, 5) is 22.8. The van der Waals surface area contributed by atoms with Gasteiger partial charge in [-0.15, -0.1) is 0 Å². The van der Waals surface area contributed by atoms with Gasteiger partial charge in [-0.2, -0.15) is 0 Å². The number of hydrogen-bond donors (Lipinski definition) is 2. The highest BCUT2D eigenvalue weighted by atomic mass is 35.5. The molecule has 1 amide bonds. The number of carbonyl (C=O) groups excluding carboxylic acids is 1. The molecule has 114 valence electrons. The summed E-state index contributed by atoms with van der Waals surface area (Å²) in [5.41, 5.74) is 5.79. The quantitative estimate of drug-likeness (QED) is 0.639. The van der Waals surface area contributed by atoms with Crippen LogP contribution in [0.25, 0.3) is 0 Å². The lowest BCUT2D eigenvalue weighted by Gasteiger charge is -2.12. The number of nitro benzene ring substituents is 1. The van der Waals surface area contributed by atoms with E-state index in [4.69, 9.17) is 11.6 Å². The number of carbonyl (C=O) groups is 1. The molecule has 0 spiro atoms. The highest BCUT2D eigenvalue weighted by Crippen LogP contribution is 2.38. The second kappa shape index (κ2) is 7.15. The fourth-order valence-corrected chi connectivity index (χ4v) is 2.82. The van der Waals surface area contributed by atoms with Gasteiger partial charge in [-0.05, 0) is 24.3 Å². The van der Waals surface area contributed by atoms with E-state index in [1.807, 2.05) is 0 Å². The molecule has 0 heterocycles. The number of nitro groups is 1. The van der Waals surface area contributed by atoms with Crippen molar-refractivity contribution in [3.8, 4) is 0 Å². The number of anilines is 1. The summed E-state index contributed by atoms with van der Waals surface area (Å²) in [6.07, 6.45) is 0. The third-order valence-corrected chi connectivity index (χ3v) is 3.97. The van der Waals surface area contributed by atoms with Gasteiger partial charge in [-0.25, -0.2) is 0 Å². The molecule has 0 aliphatic rings. The van der Waals surface area contributed by atoms with Gasteiger partial charge in [0.2, 0.25) is 5.91 Å². The zero-order valence-corrected chi connectivity index (χ0v) is 13.1. The molecule has 2 rings (SSSR count). The first kappa shape index (κ1) is 16.1. The molecule has 2 aromatic carbocycles. The van der Waals surface area contributed by atoms with Crippen molar-refractivity contribution < 1.29 is 9.72 Å². The van der Waals surface area contributed by atoms with Gasteiger partial charge in [0.15, 0.2) is 0 Å². The van der Waals surface area contributed by atoms with Gasteiger partial charge in [0, 0.05) is 22.9 Å². The number of benzene rings is 2. The minimum Gasteiger partial charge on any atom is -0.297 e. The number of amides is 1. The van der Waals surface area contributed by atoms with Crippen LogP contribution in [0.2, 0.25) is 5.02 Å². The summed E-state index contributed by atoms with van der Waals surface area (Å²) in [5, 5.41) is 11.6. The minimum atomic E-state index is -0.431. The SMILES string of the molecule is CC(=O)NNc1cc(Cl)ccc1Sc1ccccc1[N+](=O)[O-]. The summed E-state index contributed by atoms with van der Waals surface area (Å²) >= 11 is 7.16. The Morgan fingerprint density at radius 2 is 1.95 bits per heavy atom. The second-order valence-corrected chi connectivity index (χ2v) is 5.79. The summed E-state index contributed by atoms with van der Waals surface area (Å²) in [6, 6.07) is 11.5. The number of hydrogen-bond acceptors (Lipinski definition) is 5. The number of halogens is 1. The van der Waals surface area contributed by atoms with E-state index >= 15 is 0 Å². The minimum absolute atomic E-state index is 0.0212. The average Bonchev–Trinajstić information content (AvgIpc) is 2.47. The third kappa shape index (κ3) is 4.12. The Morgan fingerprint density at radius 1 is 1.23 bits per heavy atom. The van der Waals surface area contributed by atoms with Crippen molar-refractivity contribution in [2.24, 2.45) is 0 Å². The van der Waals surface area contributed by atoms with Crippen molar-refractivity contribution in [1.82, 2.24) is 5.43 Å². The van der Waals surface area contributed by atoms with Crippen molar-refractivity contribution in [2.45, 2.75) is 16.7 Å². The van der Waals surface area contributed by atoms with Crippen molar-refractivity contribution in [2.75, 3.05) is 5.43 Å². The average molecular weight is 338 g/mol. The lowest BCUT2D eigenvalue weighted by molar-refractivity contribution is -0.387. The van der Waals surface area contributed by atoms with E-state index in [1.165, 1.54) is 24.8 Å². The van der Waals surface area contributed by atoms with Crippen LogP contribution in [0.15, 0.2) is 52.3 Å². The predicted octanol–water partition coefficient (Wildman–Crippen LogP) is 3.86. The highest BCUT2D eigenvalue weighted by molar-refractivity contribution is 7.99. The van der Waals surface area contributed by atoms with Crippen molar-refractivity contribution >= 4 is 40.6 Å². The van der Waals surface area contributed by atoms with Crippen LogP contribution in [0.3, 0.4) is 0 Å². The summed E-state index contributed by atoms with van der Waals surface area (Å²) in [5.74, 6) is -0.262. The van der Waals surface area contributed by atoms with Gasteiger partial charge >= 0.3 is 0 Å². The van der Waals surface area contributed by atoms with E-state index in [0.717, 1.165) is 0 Å². The number of hydrazine groups is 1. The Balaban J connectivity index is 2.33. The lowest BCUT2D eigenvalue weighted by atomic mass is 10.3. The molecule has 2 aromatic rings. The number of nitrogens with one attached hydrogen (secondary N) is 2. The maximum Gasteiger partial charge on any atom is 0.283 e. The molecule has 0 aliphatic carbocycles. The molecule has 0 aromatic heterocycles. The van der Waals surface area contributed by atoms with Crippen molar-refractivity contribution in [1.29, 1.82) is 0 Å². The Bertz CT molecular complexity index is 724. The molecular weight excluding hydrogens is 326 g/mol. The molecule has 2 N–H and O–H groups in total. The number of para-hydroxylation sites is 1. The van der Waals surface area contributed by atoms with Gasteiger partial charge in [-0.3, -0.25) is 25.8 Å². The normalized spacial score (nSPS) is 10.1. The first-order valence-electron chi connectivity index (χ1n) is 6.21. The van der Waals surface area contributed by atoms with Crippen LogP contribution in [0.5, 0.6) is 0 Å². The maximum atomic E-state index is 11.1. The van der Waals surface area contributed by atoms with Crippen LogP contribution < -0.4 is 10.9 Å². The maximum absolute atomic E-state index is 11.1. The Morgan fingerprint density at radius 3 is 2.64 bits per heavy atom. The van der Waals surface area contributed by atoms with E-state index in [9.17, 15) is 14.9 Å².